The molecule has 0 atom stereocenters. The summed E-state index contributed by atoms with van der Waals surface area (Å²) in [5.74, 6) is 6.67. The van der Waals surface area contributed by atoms with Crippen LogP contribution in [-0.4, -0.2) is 19.0 Å². The molecule has 17 heavy (non-hydrogen) atoms. The molecule has 0 aromatic carbocycles. The highest BCUT2D eigenvalue weighted by Gasteiger charge is 2.03. The fourth-order valence-electron chi connectivity index (χ4n) is 1.21. The molecule has 0 unspecified atom stereocenters. The van der Waals surface area contributed by atoms with Gasteiger partial charge >= 0.3 is 0 Å². The van der Waals surface area contributed by atoms with E-state index in [0.29, 0.717) is 44.0 Å². The SMILES string of the molecule is NCC#Cc1ccc(CNC(=O)CCCN)o1. The van der Waals surface area contributed by atoms with Crippen LogP contribution in [0, 0.1) is 11.8 Å². The van der Waals surface area contributed by atoms with E-state index in [1.165, 1.54) is 0 Å². The van der Waals surface area contributed by atoms with Gasteiger partial charge in [-0.15, -0.1) is 0 Å². The van der Waals surface area contributed by atoms with Gasteiger partial charge in [0.1, 0.15) is 5.76 Å². The Morgan fingerprint density at radius 1 is 1.41 bits per heavy atom. The van der Waals surface area contributed by atoms with Gasteiger partial charge in [-0.05, 0) is 31.0 Å². The van der Waals surface area contributed by atoms with E-state index in [0.717, 1.165) is 0 Å². The molecule has 5 nitrogen and oxygen atoms in total. The number of hydrogen-bond acceptors (Lipinski definition) is 4. The van der Waals surface area contributed by atoms with Crippen molar-refractivity contribution >= 4 is 5.91 Å². The normalized spacial score (nSPS) is 9.53. The summed E-state index contributed by atoms with van der Waals surface area (Å²) in [5.41, 5.74) is 10.6. The lowest BCUT2D eigenvalue weighted by molar-refractivity contribution is -0.121. The van der Waals surface area contributed by atoms with Gasteiger partial charge in [0.15, 0.2) is 5.76 Å². The van der Waals surface area contributed by atoms with Crippen molar-refractivity contribution in [3.05, 3.63) is 23.7 Å². The Bertz CT molecular complexity index is 415. The maximum atomic E-state index is 11.3. The van der Waals surface area contributed by atoms with Crippen LogP contribution in [-0.2, 0) is 11.3 Å². The number of furan rings is 1. The summed E-state index contributed by atoms with van der Waals surface area (Å²) >= 11 is 0. The second-order valence-electron chi connectivity index (χ2n) is 3.44. The van der Waals surface area contributed by atoms with Crippen molar-refractivity contribution in [2.75, 3.05) is 13.1 Å². The molecule has 92 valence electrons. The van der Waals surface area contributed by atoms with Crippen LogP contribution in [0.2, 0.25) is 0 Å². The Kier molecular flexibility index (Phi) is 5.86. The maximum absolute atomic E-state index is 11.3. The van der Waals surface area contributed by atoms with E-state index in [9.17, 15) is 4.79 Å². The van der Waals surface area contributed by atoms with Crippen molar-refractivity contribution in [3.63, 3.8) is 0 Å². The van der Waals surface area contributed by atoms with Gasteiger partial charge < -0.3 is 21.2 Å². The number of carbonyl (C=O) groups is 1. The Morgan fingerprint density at radius 2 is 2.24 bits per heavy atom. The Morgan fingerprint density at radius 3 is 2.94 bits per heavy atom. The predicted octanol–water partition coefficient (Wildman–Crippen LogP) is -0.0551. The first kappa shape index (κ1) is 13.3. The highest BCUT2D eigenvalue weighted by Crippen LogP contribution is 2.06. The van der Waals surface area contributed by atoms with E-state index in [-0.39, 0.29) is 5.91 Å². The minimum atomic E-state index is -0.0264. The van der Waals surface area contributed by atoms with Gasteiger partial charge in [-0.1, -0.05) is 5.92 Å². The highest BCUT2D eigenvalue weighted by atomic mass is 16.3. The summed E-state index contributed by atoms with van der Waals surface area (Å²) < 4.78 is 5.37. The largest absolute Gasteiger partial charge is 0.451 e. The van der Waals surface area contributed by atoms with E-state index in [1.807, 2.05) is 0 Å². The molecule has 5 heteroatoms. The summed E-state index contributed by atoms with van der Waals surface area (Å²) in [7, 11) is 0. The van der Waals surface area contributed by atoms with Gasteiger partial charge in [-0.2, -0.15) is 0 Å². The second-order valence-corrected chi connectivity index (χ2v) is 3.44. The van der Waals surface area contributed by atoms with Crippen LogP contribution in [0.3, 0.4) is 0 Å². The molecule has 0 saturated carbocycles. The van der Waals surface area contributed by atoms with Crippen LogP contribution in [0.15, 0.2) is 16.5 Å². The molecule has 0 aliphatic rings. The molecule has 1 aromatic heterocycles. The minimum absolute atomic E-state index is 0.0264. The molecule has 0 bridgehead atoms. The lowest BCUT2D eigenvalue weighted by atomic mass is 10.3. The number of carbonyl (C=O) groups excluding carboxylic acids is 1. The second kappa shape index (κ2) is 7.49. The lowest BCUT2D eigenvalue weighted by Crippen LogP contribution is -2.22. The minimum Gasteiger partial charge on any atom is -0.451 e. The molecule has 0 saturated heterocycles. The third kappa shape index (κ3) is 5.20. The van der Waals surface area contributed by atoms with E-state index in [2.05, 4.69) is 17.2 Å². The summed E-state index contributed by atoms with van der Waals surface area (Å²) in [6, 6.07) is 3.54. The average Bonchev–Trinajstić information content (AvgIpc) is 2.79. The van der Waals surface area contributed by atoms with E-state index in [1.54, 1.807) is 12.1 Å². The monoisotopic (exact) mass is 235 g/mol. The number of nitrogens with two attached hydrogens (primary N) is 2. The molecular weight excluding hydrogens is 218 g/mol. The molecule has 0 radical (unpaired) electrons. The van der Waals surface area contributed by atoms with Crippen LogP contribution < -0.4 is 16.8 Å². The van der Waals surface area contributed by atoms with Gasteiger partial charge in [0, 0.05) is 6.42 Å². The molecule has 5 N–H and O–H groups in total. The maximum Gasteiger partial charge on any atom is 0.220 e. The average molecular weight is 235 g/mol. The topological polar surface area (TPSA) is 94.3 Å². The number of hydrogen-bond donors (Lipinski definition) is 3. The third-order valence-corrected chi connectivity index (χ3v) is 2.04. The fourth-order valence-corrected chi connectivity index (χ4v) is 1.21. The summed E-state index contributed by atoms with van der Waals surface area (Å²) in [6.45, 7) is 1.19. The zero-order valence-electron chi connectivity index (χ0n) is 9.66. The highest BCUT2D eigenvalue weighted by molar-refractivity contribution is 5.75. The molecule has 0 aliphatic heterocycles. The lowest BCUT2D eigenvalue weighted by Gasteiger charge is -2.01. The molecule has 1 heterocycles. The Labute approximate surface area is 101 Å². The molecule has 0 spiro atoms. The first-order valence-electron chi connectivity index (χ1n) is 5.50. The summed E-state index contributed by atoms with van der Waals surface area (Å²) in [4.78, 5) is 11.3. The molecular formula is C12H17N3O2. The van der Waals surface area contributed by atoms with Gasteiger partial charge in [-0.25, -0.2) is 0 Å². The molecule has 0 fully saturated rings. The van der Waals surface area contributed by atoms with Crippen molar-refractivity contribution in [1.29, 1.82) is 0 Å². The number of rotatable bonds is 5. The quantitative estimate of drug-likeness (QED) is 0.623. The van der Waals surface area contributed by atoms with Gasteiger partial charge in [0.05, 0.1) is 13.1 Å². The van der Waals surface area contributed by atoms with E-state index >= 15 is 0 Å². The molecule has 1 amide bonds. The third-order valence-electron chi connectivity index (χ3n) is 2.04. The van der Waals surface area contributed by atoms with Crippen molar-refractivity contribution in [2.45, 2.75) is 19.4 Å². The van der Waals surface area contributed by atoms with Crippen molar-refractivity contribution in [2.24, 2.45) is 11.5 Å². The molecule has 1 rings (SSSR count). The number of nitrogens with one attached hydrogen (secondary N) is 1. The predicted molar refractivity (Wildman–Crippen MR) is 64.8 cm³/mol. The Balaban J connectivity index is 2.36. The van der Waals surface area contributed by atoms with Crippen LogP contribution in [0.5, 0.6) is 0 Å². The first-order valence-corrected chi connectivity index (χ1v) is 5.50. The smallest absolute Gasteiger partial charge is 0.220 e. The van der Waals surface area contributed by atoms with Crippen LogP contribution in [0.4, 0.5) is 0 Å². The first-order chi connectivity index (χ1) is 8.26. The van der Waals surface area contributed by atoms with E-state index < -0.39 is 0 Å². The van der Waals surface area contributed by atoms with Crippen molar-refractivity contribution < 1.29 is 9.21 Å². The summed E-state index contributed by atoms with van der Waals surface area (Å²) in [6.07, 6.45) is 1.13. The van der Waals surface area contributed by atoms with Gasteiger partial charge in [0.25, 0.3) is 0 Å². The molecule has 0 aliphatic carbocycles. The van der Waals surface area contributed by atoms with E-state index in [4.69, 9.17) is 15.9 Å². The van der Waals surface area contributed by atoms with Crippen molar-refractivity contribution in [1.82, 2.24) is 5.32 Å². The van der Waals surface area contributed by atoms with Crippen LogP contribution in [0.25, 0.3) is 0 Å². The standard InChI is InChI=1S/C12H17N3O2/c13-7-1-3-10-5-6-11(17-10)9-15-12(16)4-2-8-14/h5-6H,2,4,7-9,13-14H2,(H,15,16). The van der Waals surface area contributed by atoms with Crippen molar-refractivity contribution in [3.8, 4) is 11.8 Å². The van der Waals surface area contributed by atoms with Gasteiger partial charge in [0.2, 0.25) is 5.91 Å². The zero-order chi connectivity index (χ0) is 12.5. The van der Waals surface area contributed by atoms with Crippen LogP contribution >= 0.6 is 0 Å². The molecule has 1 aromatic rings. The zero-order valence-corrected chi connectivity index (χ0v) is 9.66. The fraction of sp³-hybridized carbons (Fsp3) is 0.417. The number of amides is 1. The van der Waals surface area contributed by atoms with Gasteiger partial charge in [-0.3, -0.25) is 4.79 Å². The van der Waals surface area contributed by atoms with Crippen LogP contribution in [0.1, 0.15) is 24.4 Å². The summed E-state index contributed by atoms with van der Waals surface area (Å²) in [5, 5.41) is 2.74. The Hall–Kier alpha value is -1.77.